The number of hydrogen-bond acceptors (Lipinski definition) is 3. The molecule has 0 aromatic heterocycles. The van der Waals surface area contributed by atoms with Crippen LogP contribution in [-0.2, 0) is 10.0 Å². The molecule has 0 saturated carbocycles. The number of nitrogens with one attached hydrogen (secondary N) is 1. The first-order valence-corrected chi connectivity index (χ1v) is 8.29. The van der Waals surface area contributed by atoms with Crippen LogP contribution in [0.15, 0.2) is 56.3 Å². The van der Waals surface area contributed by atoms with Gasteiger partial charge in [-0.2, -0.15) is 0 Å². The average molecular weight is 406 g/mol. The van der Waals surface area contributed by atoms with Crippen molar-refractivity contribution in [1.82, 2.24) is 0 Å². The molecule has 0 fully saturated rings. The van der Waals surface area contributed by atoms with E-state index in [0.29, 0.717) is 20.3 Å². The summed E-state index contributed by atoms with van der Waals surface area (Å²) in [6.07, 6.45) is 0. The van der Waals surface area contributed by atoms with Crippen LogP contribution in [0.25, 0.3) is 0 Å². The minimum absolute atomic E-state index is 0.190. The van der Waals surface area contributed by atoms with Crippen molar-refractivity contribution in [2.45, 2.75) is 4.90 Å². The molecule has 0 saturated heterocycles. The number of nitrogen functional groups attached to an aromatic ring is 1. The first-order chi connectivity index (χ1) is 8.88. The summed E-state index contributed by atoms with van der Waals surface area (Å²) in [6.45, 7) is 0. The maximum Gasteiger partial charge on any atom is 0.261 e. The Bertz CT molecular complexity index is 717. The van der Waals surface area contributed by atoms with Crippen LogP contribution in [-0.4, -0.2) is 8.42 Å². The summed E-state index contributed by atoms with van der Waals surface area (Å²) in [5, 5.41) is 0. The lowest BCUT2D eigenvalue weighted by atomic mass is 10.3. The number of rotatable bonds is 3. The predicted octanol–water partition coefficient (Wildman–Crippen LogP) is 3.59. The fourth-order valence-electron chi connectivity index (χ4n) is 1.44. The minimum Gasteiger partial charge on any atom is -0.398 e. The van der Waals surface area contributed by atoms with Gasteiger partial charge >= 0.3 is 0 Å². The Morgan fingerprint density at radius 1 is 1.05 bits per heavy atom. The molecule has 0 aliphatic heterocycles. The first kappa shape index (κ1) is 14.4. The Morgan fingerprint density at radius 2 is 1.79 bits per heavy atom. The van der Waals surface area contributed by atoms with E-state index in [2.05, 4.69) is 36.6 Å². The van der Waals surface area contributed by atoms with Gasteiger partial charge in [-0.15, -0.1) is 0 Å². The summed E-state index contributed by atoms with van der Waals surface area (Å²) in [7, 11) is -3.61. The van der Waals surface area contributed by atoms with Crippen LogP contribution < -0.4 is 10.5 Å². The molecule has 0 aliphatic carbocycles. The van der Waals surface area contributed by atoms with Crippen LogP contribution in [0.1, 0.15) is 0 Å². The smallest absolute Gasteiger partial charge is 0.261 e. The molecule has 0 unspecified atom stereocenters. The van der Waals surface area contributed by atoms with Gasteiger partial charge in [-0.25, -0.2) is 8.42 Å². The molecule has 0 atom stereocenters. The number of benzene rings is 2. The zero-order chi connectivity index (χ0) is 14.0. The van der Waals surface area contributed by atoms with Crippen LogP contribution in [0.2, 0.25) is 0 Å². The van der Waals surface area contributed by atoms with Crippen molar-refractivity contribution in [3.05, 3.63) is 51.4 Å². The molecule has 0 heterocycles. The van der Waals surface area contributed by atoms with Crippen molar-refractivity contribution in [2.24, 2.45) is 0 Å². The lowest BCUT2D eigenvalue weighted by Crippen LogP contribution is -2.13. The Kier molecular flexibility index (Phi) is 4.17. The molecule has 19 heavy (non-hydrogen) atoms. The summed E-state index contributed by atoms with van der Waals surface area (Å²) in [5.41, 5.74) is 6.65. The first-order valence-electron chi connectivity index (χ1n) is 5.22. The number of hydrogen-bond donors (Lipinski definition) is 2. The highest BCUT2D eigenvalue weighted by Gasteiger charge is 2.14. The van der Waals surface area contributed by atoms with Gasteiger partial charge in [0.2, 0.25) is 0 Å². The van der Waals surface area contributed by atoms with Gasteiger partial charge in [0.25, 0.3) is 10.0 Å². The predicted molar refractivity (Wildman–Crippen MR) is 83.5 cm³/mol. The normalized spacial score (nSPS) is 11.3. The number of nitrogens with two attached hydrogens (primary N) is 1. The van der Waals surface area contributed by atoms with E-state index < -0.39 is 10.0 Å². The van der Waals surface area contributed by atoms with Crippen molar-refractivity contribution in [2.75, 3.05) is 10.5 Å². The maximum atomic E-state index is 12.2. The van der Waals surface area contributed by atoms with E-state index in [1.165, 1.54) is 12.1 Å². The second-order valence-corrected chi connectivity index (χ2v) is 7.25. The average Bonchev–Trinajstić information content (AvgIpc) is 2.33. The highest BCUT2D eigenvalue weighted by molar-refractivity contribution is 9.10. The second-order valence-electron chi connectivity index (χ2n) is 3.80. The van der Waals surface area contributed by atoms with Crippen molar-refractivity contribution >= 4 is 53.3 Å². The molecule has 7 heteroatoms. The van der Waals surface area contributed by atoms with Crippen LogP contribution in [0.5, 0.6) is 0 Å². The number of sulfonamides is 1. The molecule has 3 N–H and O–H groups in total. The van der Waals surface area contributed by atoms with Gasteiger partial charge in [0.1, 0.15) is 0 Å². The molecule has 2 rings (SSSR count). The van der Waals surface area contributed by atoms with Crippen LogP contribution >= 0.6 is 31.9 Å². The minimum atomic E-state index is -3.61. The quantitative estimate of drug-likeness (QED) is 0.766. The van der Waals surface area contributed by atoms with Gasteiger partial charge in [0.05, 0.1) is 10.6 Å². The van der Waals surface area contributed by atoms with Gasteiger partial charge in [-0.05, 0) is 52.3 Å². The molecule has 0 bridgehead atoms. The molecular formula is C12H10Br2N2O2S. The molecule has 0 aliphatic rings. The van der Waals surface area contributed by atoms with E-state index in [-0.39, 0.29) is 4.90 Å². The molecule has 100 valence electrons. The van der Waals surface area contributed by atoms with Crippen molar-refractivity contribution in [1.29, 1.82) is 0 Å². The van der Waals surface area contributed by atoms with E-state index in [4.69, 9.17) is 5.73 Å². The number of anilines is 2. The summed E-state index contributed by atoms with van der Waals surface area (Å²) in [6, 6.07) is 11.3. The third kappa shape index (κ3) is 3.49. The van der Waals surface area contributed by atoms with Gasteiger partial charge in [0.15, 0.2) is 0 Å². The molecule has 0 spiro atoms. The van der Waals surface area contributed by atoms with Crippen molar-refractivity contribution in [3.8, 4) is 0 Å². The SMILES string of the molecule is Nc1ccc(NS(=O)(=O)c2cccc(Br)c2)cc1Br. The zero-order valence-corrected chi connectivity index (χ0v) is 13.6. The topological polar surface area (TPSA) is 72.2 Å². The summed E-state index contributed by atoms with van der Waals surface area (Å²) >= 11 is 6.50. The van der Waals surface area contributed by atoms with Crippen molar-refractivity contribution in [3.63, 3.8) is 0 Å². The third-order valence-electron chi connectivity index (χ3n) is 2.36. The molecule has 0 amide bonds. The summed E-state index contributed by atoms with van der Waals surface area (Å²) < 4.78 is 28.2. The molecule has 0 radical (unpaired) electrons. The summed E-state index contributed by atoms with van der Waals surface area (Å²) in [5.74, 6) is 0. The van der Waals surface area contributed by atoms with Crippen LogP contribution in [0.4, 0.5) is 11.4 Å². The van der Waals surface area contributed by atoms with E-state index >= 15 is 0 Å². The highest BCUT2D eigenvalue weighted by Crippen LogP contribution is 2.25. The molecule has 2 aromatic rings. The largest absolute Gasteiger partial charge is 0.398 e. The Morgan fingerprint density at radius 3 is 2.42 bits per heavy atom. The Hall–Kier alpha value is -1.05. The van der Waals surface area contributed by atoms with Crippen molar-refractivity contribution < 1.29 is 8.42 Å². The second kappa shape index (κ2) is 5.52. The fourth-order valence-corrected chi connectivity index (χ4v) is 3.46. The van der Waals surface area contributed by atoms with E-state index in [0.717, 1.165) is 0 Å². The zero-order valence-electron chi connectivity index (χ0n) is 9.60. The molecule has 2 aromatic carbocycles. The lowest BCUT2D eigenvalue weighted by molar-refractivity contribution is 0.601. The molecule has 4 nitrogen and oxygen atoms in total. The van der Waals surface area contributed by atoms with Gasteiger partial charge < -0.3 is 5.73 Å². The van der Waals surface area contributed by atoms with E-state index in [1.807, 2.05) is 0 Å². The highest BCUT2D eigenvalue weighted by atomic mass is 79.9. The Labute approximate surface area is 128 Å². The Balaban J connectivity index is 2.33. The third-order valence-corrected chi connectivity index (χ3v) is 4.92. The van der Waals surface area contributed by atoms with Gasteiger partial charge in [-0.3, -0.25) is 4.72 Å². The standard InChI is InChI=1S/C12H10Br2N2O2S/c13-8-2-1-3-10(6-8)19(17,18)16-9-4-5-12(15)11(14)7-9/h1-7,16H,15H2. The van der Waals surface area contributed by atoms with Crippen LogP contribution in [0, 0.1) is 0 Å². The van der Waals surface area contributed by atoms with E-state index in [9.17, 15) is 8.42 Å². The summed E-state index contributed by atoms with van der Waals surface area (Å²) in [4.78, 5) is 0.190. The van der Waals surface area contributed by atoms with Gasteiger partial charge in [0, 0.05) is 14.6 Å². The monoisotopic (exact) mass is 404 g/mol. The maximum absolute atomic E-state index is 12.2. The lowest BCUT2D eigenvalue weighted by Gasteiger charge is -2.09. The number of halogens is 2. The fraction of sp³-hybridized carbons (Fsp3) is 0. The van der Waals surface area contributed by atoms with Gasteiger partial charge in [-0.1, -0.05) is 22.0 Å². The van der Waals surface area contributed by atoms with Crippen LogP contribution in [0.3, 0.4) is 0 Å². The molecular weight excluding hydrogens is 396 g/mol. The van der Waals surface area contributed by atoms with E-state index in [1.54, 1.807) is 30.3 Å².